The van der Waals surface area contributed by atoms with E-state index in [1.165, 1.54) is 13.5 Å². The molecule has 1 aromatic carbocycles. The van der Waals surface area contributed by atoms with E-state index in [0.29, 0.717) is 17.0 Å². The molecule has 0 unspecified atom stereocenters. The Hall–Kier alpha value is -3.29. The van der Waals surface area contributed by atoms with Crippen LogP contribution in [0.15, 0.2) is 39.9 Å². The predicted octanol–water partition coefficient (Wildman–Crippen LogP) is -0.0422. The number of aromatic nitrogens is 5. The lowest BCUT2D eigenvalue weighted by Crippen LogP contribution is -2.30. The summed E-state index contributed by atoms with van der Waals surface area (Å²) in [6.07, 6.45) is 0. The van der Waals surface area contributed by atoms with Crippen molar-refractivity contribution in [2.24, 2.45) is 7.05 Å². The average Bonchev–Trinajstić information content (AvgIpc) is 2.96. The van der Waals surface area contributed by atoms with Crippen molar-refractivity contribution in [3.8, 4) is 5.69 Å². The second kappa shape index (κ2) is 4.35. The molecule has 23 heavy (non-hydrogen) atoms. The summed E-state index contributed by atoms with van der Waals surface area (Å²) in [5.41, 5.74) is 0.364. The van der Waals surface area contributed by atoms with E-state index in [0.717, 1.165) is 0 Å². The maximum atomic E-state index is 12.5. The Balaban J connectivity index is 2.35. The quantitative estimate of drug-likeness (QED) is 0.533. The molecule has 0 radical (unpaired) electrons. The molecule has 114 valence electrons. The van der Waals surface area contributed by atoms with Crippen LogP contribution in [0.2, 0.25) is 0 Å². The molecule has 8 nitrogen and oxygen atoms in total. The molecule has 0 saturated carbocycles. The first-order chi connectivity index (χ1) is 11.0. The average molecular weight is 308 g/mol. The summed E-state index contributed by atoms with van der Waals surface area (Å²) in [7, 11) is 1.55. The van der Waals surface area contributed by atoms with Gasteiger partial charge in [0.1, 0.15) is 16.9 Å². The van der Waals surface area contributed by atoms with E-state index in [1.54, 1.807) is 38.2 Å². The van der Waals surface area contributed by atoms with Gasteiger partial charge >= 0.3 is 11.4 Å². The molecule has 0 atom stereocenters. The lowest BCUT2D eigenvalue weighted by atomic mass is 10.3. The number of nitrogens with one attached hydrogen (secondary N) is 1. The smallest absolute Gasteiger partial charge is 0.282 e. The van der Waals surface area contributed by atoms with Crippen molar-refractivity contribution < 1.29 is 0 Å². The van der Waals surface area contributed by atoms with Crippen LogP contribution in [0.4, 0.5) is 0 Å². The van der Waals surface area contributed by atoms with Crippen LogP contribution in [-0.4, -0.2) is 23.5 Å². The van der Waals surface area contributed by atoms with Crippen molar-refractivity contribution in [1.82, 2.24) is 23.5 Å². The Bertz CT molecular complexity index is 1230. The number of nitrogens with zero attached hydrogens (tertiary/aromatic N) is 5. The summed E-state index contributed by atoms with van der Waals surface area (Å²) in [5.74, 6) is 0.462. The van der Waals surface area contributed by atoms with Crippen LogP contribution in [0.1, 0.15) is 5.82 Å². The van der Waals surface area contributed by atoms with Crippen molar-refractivity contribution in [3.05, 3.63) is 62.6 Å². The fraction of sp³-hybridized carbons (Fsp3) is 0.133. The Morgan fingerprint density at radius 3 is 2.48 bits per heavy atom. The Kier molecular flexibility index (Phi) is 2.53. The molecule has 0 aliphatic heterocycles. The van der Waals surface area contributed by atoms with Crippen LogP contribution in [0.3, 0.4) is 0 Å². The Labute approximate surface area is 128 Å². The van der Waals surface area contributed by atoms with Crippen molar-refractivity contribution in [3.63, 3.8) is 0 Å². The second-order valence-corrected chi connectivity index (χ2v) is 5.27. The van der Waals surface area contributed by atoms with E-state index < -0.39 is 5.69 Å². The maximum absolute atomic E-state index is 12.5. The highest BCUT2D eigenvalue weighted by Crippen LogP contribution is 2.14. The molecular formula is C15H12N6O2. The van der Waals surface area contributed by atoms with Crippen molar-refractivity contribution in [1.29, 1.82) is 5.41 Å². The van der Waals surface area contributed by atoms with Crippen molar-refractivity contribution in [2.75, 3.05) is 0 Å². The lowest BCUT2D eigenvalue weighted by Gasteiger charge is -2.00. The number of rotatable bonds is 1. The van der Waals surface area contributed by atoms with Gasteiger partial charge in [0.25, 0.3) is 0 Å². The molecule has 4 aromatic rings. The van der Waals surface area contributed by atoms with Crippen molar-refractivity contribution >= 4 is 16.7 Å². The van der Waals surface area contributed by atoms with Gasteiger partial charge in [-0.25, -0.2) is 23.5 Å². The molecule has 1 N–H and O–H groups in total. The van der Waals surface area contributed by atoms with Gasteiger partial charge in [-0.2, -0.15) is 4.98 Å². The minimum Gasteiger partial charge on any atom is -0.282 e. The molecule has 0 saturated heterocycles. The molecule has 0 aliphatic carbocycles. The van der Waals surface area contributed by atoms with Crippen LogP contribution >= 0.6 is 0 Å². The lowest BCUT2D eigenvalue weighted by molar-refractivity contribution is 0.825. The summed E-state index contributed by atoms with van der Waals surface area (Å²) in [6, 6.07) is 8.81. The minimum absolute atomic E-state index is 0.0973. The third-order valence-corrected chi connectivity index (χ3v) is 3.91. The molecule has 8 heteroatoms. The standard InChI is InChI=1S/C15H12N6O2/c1-8-17-10-11-13(19(2)15(23)20(8)11)18-14(22)21(12(10)16)9-6-4-3-5-7-9/h3-7,16H,1-2H3. The first kappa shape index (κ1) is 13.4. The summed E-state index contributed by atoms with van der Waals surface area (Å²) in [4.78, 5) is 33.2. The number of hydrogen-bond donors (Lipinski definition) is 1. The number of benzene rings is 1. The largest absolute Gasteiger partial charge is 0.355 e. The third-order valence-electron chi connectivity index (χ3n) is 3.91. The first-order valence-electron chi connectivity index (χ1n) is 6.95. The topological polar surface area (TPSA) is 98.0 Å². The van der Waals surface area contributed by atoms with Gasteiger partial charge < -0.3 is 0 Å². The first-order valence-corrected chi connectivity index (χ1v) is 6.95. The summed E-state index contributed by atoms with van der Waals surface area (Å²) < 4.78 is 3.86. The second-order valence-electron chi connectivity index (χ2n) is 5.27. The monoisotopic (exact) mass is 308 g/mol. The summed E-state index contributed by atoms with van der Waals surface area (Å²) in [6.45, 7) is 1.69. The zero-order chi connectivity index (χ0) is 16.3. The number of imidazole rings is 2. The van der Waals surface area contributed by atoms with E-state index >= 15 is 0 Å². The Morgan fingerprint density at radius 1 is 1.09 bits per heavy atom. The molecule has 4 rings (SSSR count). The number of hydrogen-bond acceptors (Lipinski definition) is 5. The summed E-state index contributed by atoms with van der Waals surface area (Å²) >= 11 is 0. The van der Waals surface area contributed by atoms with Crippen LogP contribution in [0.5, 0.6) is 0 Å². The minimum atomic E-state index is -0.625. The van der Waals surface area contributed by atoms with Gasteiger partial charge in [-0.15, -0.1) is 0 Å². The molecular weight excluding hydrogens is 296 g/mol. The molecule has 0 amide bonds. The fourth-order valence-electron chi connectivity index (χ4n) is 2.82. The molecule has 3 heterocycles. The van der Waals surface area contributed by atoms with Gasteiger partial charge in [0.05, 0.1) is 5.69 Å². The van der Waals surface area contributed by atoms with E-state index in [2.05, 4.69) is 9.97 Å². The normalized spacial score (nSPS) is 11.6. The van der Waals surface area contributed by atoms with Gasteiger partial charge in [-0.1, -0.05) is 18.2 Å². The van der Waals surface area contributed by atoms with E-state index in [4.69, 9.17) is 5.41 Å². The van der Waals surface area contributed by atoms with Crippen molar-refractivity contribution in [2.45, 2.75) is 6.92 Å². The molecule has 0 aliphatic rings. The highest BCUT2D eigenvalue weighted by Gasteiger charge is 2.20. The van der Waals surface area contributed by atoms with E-state index in [9.17, 15) is 9.59 Å². The van der Waals surface area contributed by atoms with Gasteiger partial charge in [0, 0.05) is 7.05 Å². The maximum Gasteiger partial charge on any atom is 0.355 e. The van der Waals surface area contributed by atoms with Crippen LogP contribution < -0.4 is 16.9 Å². The molecule has 3 aromatic heterocycles. The SMILES string of the molecule is Cc1nc2c(=N)n(-c3ccccc3)c(=O)nc3c2n1c(=O)n3C. The van der Waals surface area contributed by atoms with Crippen LogP contribution in [-0.2, 0) is 7.05 Å². The number of aryl methyl sites for hydroxylation is 2. The van der Waals surface area contributed by atoms with Gasteiger partial charge in [0.2, 0.25) is 0 Å². The molecule has 0 bridgehead atoms. The fourth-order valence-corrected chi connectivity index (χ4v) is 2.82. The highest BCUT2D eigenvalue weighted by molar-refractivity contribution is 5.88. The van der Waals surface area contributed by atoms with E-state index in [-0.39, 0.29) is 22.3 Å². The molecule has 0 spiro atoms. The number of para-hydroxylation sites is 1. The summed E-state index contributed by atoms with van der Waals surface area (Å²) in [5, 5.41) is 8.42. The highest BCUT2D eigenvalue weighted by atomic mass is 16.2. The Morgan fingerprint density at radius 2 is 1.78 bits per heavy atom. The van der Waals surface area contributed by atoms with Gasteiger partial charge in [-0.05, 0) is 19.1 Å². The van der Waals surface area contributed by atoms with Crippen LogP contribution in [0.25, 0.3) is 22.4 Å². The van der Waals surface area contributed by atoms with Gasteiger partial charge in [-0.3, -0.25) is 9.98 Å². The zero-order valence-electron chi connectivity index (χ0n) is 12.4. The van der Waals surface area contributed by atoms with Gasteiger partial charge in [0.15, 0.2) is 11.1 Å². The zero-order valence-corrected chi connectivity index (χ0v) is 12.4. The third kappa shape index (κ3) is 1.62. The van der Waals surface area contributed by atoms with Crippen LogP contribution in [0, 0.1) is 12.3 Å². The molecule has 0 fully saturated rings. The predicted molar refractivity (Wildman–Crippen MR) is 83.1 cm³/mol. The van der Waals surface area contributed by atoms with E-state index in [1.807, 2.05) is 6.07 Å².